The Kier molecular flexibility index (Phi) is 12.8. The highest BCUT2D eigenvalue weighted by Gasteiger charge is 2.33. The number of carbonyl (C=O) groups is 2. The van der Waals surface area contributed by atoms with Gasteiger partial charge in [0, 0.05) is 44.4 Å². The SMILES string of the molecule is CCCN(CCC)C(=O)CCC(C(N)=O)[C@H](Cc1ccsc1)[C@@H](O)CNCc1cccc(OC)c1. The van der Waals surface area contributed by atoms with Crippen molar-refractivity contribution in [1.29, 1.82) is 0 Å². The van der Waals surface area contributed by atoms with Gasteiger partial charge < -0.3 is 25.8 Å². The predicted octanol–water partition coefficient (Wildman–Crippen LogP) is 3.60. The van der Waals surface area contributed by atoms with Crippen LogP contribution in [0, 0.1) is 11.8 Å². The monoisotopic (exact) mass is 503 g/mol. The van der Waals surface area contributed by atoms with Crippen molar-refractivity contribution in [2.75, 3.05) is 26.7 Å². The molecule has 0 aliphatic rings. The van der Waals surface area contributed by atoms with E-state index in [-0.39, 0.29) is 12.3 Å². The van der Waals surface area contributed by atoms with Crippen molar-refractivity contribution in [2.45, 2.75) is 58.6 Å². The third kappa shape index (κ3) is 9.63. The average Bonchev–Trinajstić information content (AvgIpc) is 3.36. The number of aliphatic hydroxyl groups excluding tert-OH is 1. The Labute approximate surface area is 213 Å². The molecule has 4 N–H and O–H groups in total. The Balaban J connectivity index is 2.08. The number of primary amides is 1. The van der Waals surface area contributed by atoms with Gasteiger partial charge in [0.25, 0.3) is 0 Å². The minimum atomic E-state index is -0.796. The van der Waals surface area contributed by atoms with Crippen LogP contribution >= 0.6 is 11.3 Å². The fourth-order valence-electron chi connectivity index (χ4n) is 4.43. The highest BCUT2D eigenvalue weighted by Crippen LogP contribution is 2.27. The molecule has 0 spiro atoms. The van der Waals surface area contributed by atoms with Gasteiger partial charge in [0.15, 0.2) is 0 Å². The summed E-state index contributed by atoms with van der Waals surface area (Å²) in [7, 11) is 1.63. The van der Waals surface area contributed by atoms with Crippen LogP contribution in [-0.2, 0) is 22.6 Å². The lowest BCUT2D eigenvalue weighted by Gasteiger charge is -2.30. The number of ether oxygens (including phenoxy) is 1. The van der Waals surface area contributed by atoms with Crippen molar-refractivity contribution in [3.8, 4) is 5.75 Å². The van der Waals surface area contributed by atoms with E-state index in [4.69, 9.17) is 10.5 Å². The maximum atomic E-state index is 12.8. The van der Waals surface area contributed by atoms with E-state index in [2.05, 4.69) is 5.32 Å². The summed E-state index contributed by atoms with van der Waals surface area (Å²) >= 11 is 1.58. The van der Waals surface area contributed by atoms with Gasteiger partial charge in [-0.05, 0) is 65.8 Å². The summed E-state index contributed by atoms with van der Waals surface area (Å²) in [5.74, 6) is -0.641. The molecule has 2 aromatic rings. The lowest BCUT2D eigenvalue weighted by atomic mass is 9.80. The first kappa shape index (κ1) is 28.8. The molecule has 0 fully saturated rings. The van der Waals surface area contributed by atoms with Gasteiger partial charge in [0.1, 0.15) is 5.75 Å². The number of amides is 2. The van der Waals surface area contributed by atoms with E-state index in [9.17, 15) is 14.7 Å². The van der Waals surface area contributed by atoms with Crippen molar-refractivity contribution >= 4 is 23.2 Å². The molecule has 0 radical (unpaired) electrons. The van der Waals surface area contributed by atoms with Crippen molar-refractivity contribution < 1.29 is 19.4 Å². The summed E-state index contributed by atoms with van der Waals surface area (Å²) in [5.41, 5.74) is 7.92. The molecule has 2 amide bonds. The molecular formula is C27H41N3O4S. The van der Waals surface area contributed by atoms with E-state index in [1.165, 1.54) is 0 Å². The highest BCUT2D eigenvalue weighted by molar-refractivity contribution is 7.07. The molecule has 0 bridgehead atoms. The number of nitrogens with one attached hydrogen (secondary N) is 1. The van der Waals surface area contributed by atoms with Crippen LogP contribution in [-0.4, -0.2) is 54.7 Å². The van der Waals surface area contributed by atoms with Crippen LogP contribution in [0.1, 0.15) is 50.7 Å². The summed E-state index contributed by atoms with van der Waals surface area (Å²) in [6.45, 7) is 6.39. The van der Waals surface area contributed by atoms with Gasteiger partial charge in [-0.25, -0.2) is 0 Å². The maximum Gasteiger partial charge on any atom is 0.222 e. The van der Waals surface area contributed by atoms with Crippen molar-refractivity contribution in [3.63, 3.8) is 0 Å². The van der Waals surface area contributed by atoms with Crippen LogP contribution in [0.2, 0.25) is 0 Å². The number of nitrogens with two attached hydrogens (primary N) is 1. The topological polar surface area (TPSA) is 105 Å². The van der Waals surface area contributed by atoms with Crippen molar-refractivity contribution in [3.05, 3.63) is 52.2 Å². The number of benzene rings is 1. The molecule has 0 saturated heterocycles. The third-order valence-corrected chi connectivity index (χ3v) is 6.99. The minimum absolute atomic E-state index is 0.0415. The molecular weight excluding hydrogens is 462 g/mol. The Morgan fingerprint density at radius 3 is 2.51 bits per heavy atom. The number of carbonyl (C=O) groups excluding carboxylic acids is 2. The first-order valence-electron chi connectivity index (χ1n) is 12.5. The second kappa shape index (κ2) is 15.5. The van der Waals surface area contributed by atoms with Gasteiger partial charge in [-0.15, -0.1) is 0 Å². The molecule has 1 unspecified atom stereocenters. The lowest BCUT2D eigenvalue weighted by molar-refractivity contribution is -0.132. The predicted molar refractivity (Wildman–Crippen MR) is 141 cm³/mol. The van der Waals surface area contributed by atoms with Crippen LogP contribution in [0.4, 0.5) is 0 Å². The van der Waals surface area contributed by atoms with Gasteiger partial charge in [-0.3, -0.25) is 9.59 Å². The van der Waals surface area contributed by atoms with E-state index in [0.29, 0.717) is 39.0 Å². The van der Waals surface area contributed by atoms with Gasteiger partial charge >= 0.3 is 0 Å². The normalized spacial score (nSPS) is 13.7. The molecule has 8 heteroatoms. The van der Waals surface area contributed by atoms with E-state index in [0.717, 1.165) is 29.7 Å². The highest BCUT2D eigenvalue weighted by atomic mass is 32.1. The molecule has 0 aliphatic carbocycles. The van der Waals surface area contributed by atoms with Crippen LogP contribution in [0.25, 0.3) is 0 Å². The number of hydrogen-bond acceptors (Lipinski definition) is 6. The molecule has 3 atom stereocenters. The minimum Gasteiger partial charge on any atom is -0.497 e. The molecule has 0 aliphatic heterocycles. The van der Waals surface area contributed by atoms with Crippen molar-refractivity contribution in [2.24, 2.45) is 17.6 Å². The van der Waals surface area contributed by atoms with Crippen LogP contribution in [0.3, 0.4) is 0 Å². The summed E-state index contributed by atoms with van der Waals surface area (Å²) in [5, 5.41) is 18.5. The molecule has 194 valence electrons. The van der Waals surface area contributed by atoms with Crippen LogP contribution in [0.15, 0.2) is 41.1 Å². The summed E-state index contributed by atoms with van der Waals surface area (Å²) in [4.78, 5) is 27.2. The quantitative estimate of drug-likeness (QED) is 0.306. The molecule has 0 saturated carbocycles. The van der Waals surface area contributed by atoms with Gasteiger partial charge in [-0.2, -0.15) is 11.3 Å². The lowest BCUT2D eigenvalue weighted by Crippen LogP contribution is -2.43. The Morgan fingerprint density at radius 2 is 1.91 bits per heavy atom. The second-order valence-electron chi connectivity index (χ2n) is 8.98. The van der Waals surface area contributed by atoms with E-state index >= 15 is 0 Å². The number of aliphatic hydroxyl groups is 1. The number of hydrogen-bond donors (Lipinski definition) is 3. The van der Waals surface area contributed by atoms with E-state index in [1.54, 1.807) is 18.4 Å². The molecule has 7 nitrogen and oxygen atoms in total. The maximum absolute atomic E-state index is 12.8. The number of thiophene rings is 1. The van der Waals surface area contributed by atoms with Crippen LogP contribution < -0.4 is 15.8 Å². The smallest absolute Gasteiger partial charge is 0.222 e. The Morgan fingerprint density at radius 1 is 1.17 bits per heavy atom. The number of rotatable bonds is 17. The first-order chi connectivity index (χ1) is 16.9. The summed E-state index contributed by atoms with van der Waals surface area (Å²) in [6.07, 6.45) is 2.10. The Hall–Kier alpha value is -2.42. The molecule has 1 heterocycles. The summed E-state index contributed by atoms with van der Waals surface area (Å²) in [6, 6.07) is 9.74. The standard InChI is InChI=1S/C27H41N3O4S/c1-4-12-30(13-5-2)26(32)10-9-23(27(28)33)24(16-21-11-14-35-19-21)25(31)18-29-17-20-7-6-8-22(15-20)34-3/h6-8,11,14-15,19,23-25,29,31H,4-5,9-10,12-13,16-18H2,1-3H3,(H2,28,33)/t23?,24-,25-/m0/s1. The van der Waals surface area contributed by atoms with Gasteiger partial charge in [-0.1, -0.05) is 26.0 Å². The zero-order valence-electron chi connectivity index (χ0n) is 21.2. The molecule has 2 rings (SSSR count). The fraction of sp³-hybridized carbons (Fsp3) is 0.556. The van der Waals surface area contributed by atoms with E-state index in [1.807, 2.05) is 59.8 Å². The molecule has 35 heavy (non-hydrogen) atoms. The first-order valence-corrected chi connectivity index (χ1v) is 13.4. The summed E-state index contributed by atoms with van der Waals surface area (Å²) < 4.78 is 5.27. The van der Waals surface area contributed by atoms with Gasteiger partial charge in [0.05, 0.1) is 13.2 Å². The zero-order valence-corrected chi connectivity index (χ0v) is 22.1. The van der Waals surface area contributed by atoms with Crippen LogP contribution in [0.5, 0.6) is 5.75 Å². The largest absolute Gasteiger partial charge is 0.497 e. The molecule has 1 aromatic heterocycles. The number of methoxy groups -OCH3 is 1. The zero-order chi connectivity index (χ0) is 25.6. The molecule has 1 aromatic carbocycles. The third-order valence-electron chi connectivity index (χ3n) is 6.25. The van der Waals surface area contributed by atoms with Gasteiger partial charge in [0.2, 0.25) is 11.8 Å². The number of nitrogens with zero attached hydrogens (tertiary/aromatic N) is 1. The van der Waals surface area contributed by atoms with E-state index < -0.39 is 23.8 Å². The average molecular weight is 504 g/mol. The van der Waals surface area contributed by atoms with Crippen molar-refractivity contribution in [1.82, 2.24) is 10.2 Å². The Bertz CT molecular complexity index is 884. The second-order valence-corrected chi connectivity index (χ2v) is 9.76. The fourth-order valence-corrected chi connectivity index (χ4v) is 5.11.